The first-order valence-electron chi connectivity index (χ1n) is 7.46. The summed E-state index contributed by atoms with van der Waals surface area (Å²) in [7, 11) is 0. The number of hydrogen-bond acceptors (Lipinski definition) is 6. The van der Waals surface area contributed by atoms with E-state index in [1.165, 1.54) is 47.8 Å². The van der Waals surface area contributed by atoms with Crippen molar-refractivity contribution in [2.45, 2.75) is 19.6 Å². The lowest BCUT2D eigenvalue weighted by Crippen LogP contribution is -1.86. The molecule has 0 fully saturated rings. The van der Waals surface area contributed by atoms with Crippen LogP contribution in [0.25, 0.3) is 0 Å². The van der Waals surface area contributed by atoms with Crippen LogP contribution in [0.4, 0.5) is 11.4 Å². The molecule has 3 rings (SSSR count). The van der Waals surface area contributed by atoms with Crippen LogP contribution >= 0.6 is 23.5 Å². The van der Waals surface area contributed by atoms with Gasteiger partial charge in [-0.25, -0.2) is 0 Å². The normalized spacial score (nSPS) is 10.5. The SMILES string of the molecule is O=[N+]([O-])c1ccc(Sc2ccc(Sc3ccc([N+](=O)[O-])cc3)cc2)cc1. The van der Waals surface area contributed by atoms with Crippen LogP contribution in [0.15, 0.2) is 92.4 Å². The monoisotopic (exact) mass is 384 g/mol. The second kappa shape index (κ2) is 8.03. The van der Waals surface area contributed by atoms with E-state index >= 15 is 0 Å². The zero-order valence-electron chi connectivity index (χ0n) is 13.3. The van der Waals surface area contributed by atoms with Crippen LogP contribution in [0, 0.1) is 20.2 Å². The molecule has 0 aromatic heterocycles. The molecule has 3 aromatic rings. The van der Waals surface area contributed by atoms with Gasteiger partial charge in [-0.05, 0) is 48.5 Å². The fraction of sp³-hybridized carbons (Fsp3) is 0. The summed E-state index contributed by atoms with van der Waals surface area (Å²) < 4.78 is 0. The van der Waals surface area contributed by atoms with Crippen molar-refractivity contribution in [3.63, 3.8) is 0 Å². The molecule has 0 heterocycles. The first-order valence-corrected chi connectivity index (χ1v) is 9.09. The molecule has 0 spiro atoms. The van der Waals surface area contributed by atoms with Crippen molar-refractivity contribution in [1.82, 2.24) is 0 Å². The van der Waals surface area contributed by atoms with E-state index in [1.54, 1.807) is 24.3 Å². The predicted molar refractivity (Wildman–Crippen MR) is 101 cm³/mol. The van der Waals surface area contributed by atoms with E-state index in [-0.39, 0.29) is 11.4 Å². The lowest BCUT2D eigenvalue weighted by molar-refractivity contribution is -0.385. The Morgan fingerprint density at radius 1 is 0.500 bits per heavy atom. The van der Waals surface area contributed by atoms with Crippen molar-refractivity contribution in [2.24, 2.45) is 0 Å². The largest absolute Gasteiger partial charge is 0.269 e. The summed E-state index contributed by atoms with van der Waals surface area (Å²) in [6.07, 6.45) is 0. The fourth-order valence-corrected chi connectivity index (χ4v) is 3.75. The second-order valence-corrected chi connectivity index (χ2v) is 7.47. The van der Waals surface area contributed by atoms with Gasteiger partial charge in [0.25, 0.3) is 11.4 Å². The zero-order chi connectivity index (χ0) is 18.5. The van der Waals surface area contributed by atoms with E-state index in [0.717, 1.165) is 19.6 Å². The standard InChI is InChI=1S/C18H12N2O4S2/c21-19(22)13-1-5-15(6-2-13)25-17-9-11-18(12-10-17)26-16-7-3-14(4-8-16)20(23)24/h1-12H. The van der Waals surface area contributed by atoms with Crippen molar-refractivity contribution < 1.29 is 9.85 Å². The van der Waals surface area contributed by atoms with Gasteiger partial charge in [-0.3, -0.25) is 20.2 Å². The van der Waals surface area contributed by atoms with Crippen molar-refractivity contribution >= 4 is 34.9 Å². The molecule has 0 saturated carbocycles. The molecule has 0 radical (unpaired) electrons. The number of rotatable bonds is 6. The summed E-state index contributed by atoms with van der Waals surface area (Å²) in [5, 5.41) is 21.3. The number of nitrogens with zero attached hydrogens (tertiary/aromatic N) is 2. The molecule has 0 aliphatic heterocycles. The van der Waals surface area contributed by atoms with Crippen LogP contribution in [0.3, 0.4) is 0 Å². The molecule has 26 heavy (non-hydrogen) atoms. The fourth-order valence-electron chi connectivity index (χ4n) is 2.12. The van der Waals surface area contributed by atoms with E-state index in [1.807, 2.05) is 24.3 Å². The van der Waals surface area contributed by atoms with E-state index in [4.69, 9.17) is 0 Å². The highest BCUT2D eigenvalue weighted by molar-refractivity contribution is 7.99. The van der Waals surface area contributed by atoms with Gasteiger partial charge in [-0.2, -0.15) is 0 Å². The lowest BCUT2D eigenvalue weighted by Gasteiger charge is -2.04. The molecular weight excluding hydrogens is 372 g/mol. The predicted octanol–water partition coefficient (Wildman–Crippen LogP) is 5.81. The Hall–Kier alpha value is -2.84. The molecule has 0 saturated heterocycles. The third-order valence-electron chi connectivity index (χ3n) is 3.39. The number of benzene rings is 3. The minimum absolute atomic E-state index is 0.0733. The van der Waals surface area contributed by atoms with Gasteiger partial charge in [0.15, 0.2) is 0 Å². The third kappa shape index (κ3) is 4.62. The summed E-state index contributed by atoms with van der Waals surface area (Å²) in [6, 6.07) is 20.7. The first-order chi connectivity index (χ1) is 12.5. The maximum absolute atomic E-state index is 10.7. The minimum atomic E-state index is -0.418. The molecule has 0 aliphatic rings. The van der Waals surface area contributed by atoms with Crippen LogP contribution in [0.2, 0.25) is 0 Å². The van der Waals surface area contributed by atoms with Crippen molar-refractivity contribution in [3.05, 3.63) is 93.0 Å². The summed E-state index contributed by atoms with van der Waals surface area (Å²) in [5.41, 5.74) is 0.147. The highest BCUT2D eigenvalue weighted by Gasteiger charge is 2.07. The minimum Gasteiger partial charge on any atom is -0.258 e. The molecular formula is C18H12N2O4S2. The average molecular weight is 384 g/mol. The van der Waals surface area contributed by atoms with Gasteiger partial charge in [0.1, 0.15) is 0 Å². The van der Waals surface area contributed by atoms with Gasteiger partial charge in [0.2, 0.25) is 0 Å². The van der Waals surface area contributed by atoms with Crippen LogP contribution in [0.5, 0.6) is 0 Å². The van der Waals surface area contributed by atoms with E-state index in [9.17, 15) is 20.2 Å². The molecule has 130 valence electrons. The Labute approximate surface area is 157 Å². The lowest BCUT2D eigenvalue weighted by atomic mass is 10.3. The van der Waals surface area contributed by atoms with Gasteiger partial charge in [0.05, 0.1) is 9.85 Å². The average Bonchev–Trinajstić information content (AvgIpc) is 2.64. The molecule has 0 N–H and O–H groups in total. The Kier molecular flexibility index (Phi) is 5.55. The topological polar surface area (TPSA) is 86.3 Å². The summed E-state index contributed by atoms with van der Waals surface area (Å²) in [4.78, 5) is 24.4. The van der Waals surface area contributed by atoms with E-state index < -0.39 is 9.85 Å². The summed E-state index contributed by atoms with van der Waals surface area (Å²) in [6.45, 7) is 0. The Morgan fingerprint density at radius 3 is 0.962 bits per heavy atom. The number of hydrogen-bond donors (Lipinski definition) is 0. The number of non-ortho nitro benzene ring substituents is 2. The molecule has 0 unspecified atom stereocenters. The highest BCUT2D eigenvalue weighted by Crippen LogP contribution is 2.33. The van der Waals surface area contributed by atoms with Crippen molar-refractivity contribution in [1.29, 1.82) is 0 Å². The van der Waals surface area contributed by atoms with Crippen LogP contribution in [-0.4, -0.2) is 9.85 Å². The van der Waals surface area contributed by atoms with Crippen LogP contribution in [-0.2, 0) is 0 Å². The van der Waals surface area contributed by atoms with Gasteiger partial charge in [-0.1, -0.05) is 23.5 Å². The Morgan fingerprint density at radius 2 is 0.731 bits per heavy atom. The van der Waals surface area contributed by atoms with Crippen LogP contribution < -0.4 is 0 Å². The molecule has 0 amide bonds. The number of nitro benzene ring substituents is 2. The molecule has 0 bridgehead atoms. The van der Waals surface area contributed by atoms with Gasteiger partial charge < -0.3 is 0 Å². The third-order valence-corrected chi connectivity index (χ3v) is 5.42. The van der Waals surface area contributed by atoms with E-state index in [2.05, 4.69) is 0 Å². The molecule has 6 nitrogen and oxygen atoms in total. The highest BCUT2D eigenvalue weighted by atomic mass is 32.2. The summed E-state index contributed by atoms with van der Waals surface area (Å²) >= 11 is 3.04. The Balaban J connectivity index is 1.64. The molecule has 8 heteroatoms. The Bertz CT molecular complexity index is 848. The van der Waals surface area contributed by atoms with Crippen molar-refractivity contribution in [2.75, 3.05) is 0 Å². The van der Waals surface area contributed by atoms with Gasteiger partial charge in [0, 0.05) is 43.8 Å². The van der Waals surface area contributed by atoms with E-state index in [0.29, 0.717) is 0 Å². The van der Waals surface area contributed by atoms with Crippen molar-refractivity contribution in [3.8, 4) is 0 Å². The first kappa shape index (κ1) is 18.0. The van der Waals surface area contributed by atoms with Gasteiger partial charge >= 0.3 is 0 Å². The molecule has 0 aliphatic carbocycles. The smallest absolute Gasteiger partial charge is 0.258 e. The second-order valence-electron chi connectivity index (χ2n) is 5.18. The zero-order valence-corrected chi connectivity index (χ0v) is 14.9. The summed E-state index contributed by atoms with van der Waals surface area (Å²) in [5.74, 6) is 0. The molecule has 0 atom stereocenters. The van der Waals surface area contributed by atoms with Gasteiger partial charge in [-0.15, -0.1) is 0 Å². The maximum Gasteiger partial charge on any atom is 0.269 e. The molecule has 3 aromatic carbocycles. The quantitative estimate of drug-likeness (QED) is 0.394. The maximum atomic E-state index is 10.7. The van der Waals surface area contributed by atoms with Crippen LogP contribution in [0.1, 0.15) is 0 Å². The number of nitro groups is 2.